The Bertz CT molecular complexity index is 483. The van der Waals surface area contributed by atoms with Gasteiger partial charge in [-0.2, -0.15) is 0 Å². The van der Waals surface area contributed by atoms with Crippen molar-refractivity contribution in [1.29, 1.82) is 0 Å². The molecule has 1 saturated heterocycles. The van der Waals surface area contributed by atoms with Crippen molar-refractivity contribution in [2.75, 3.05) is 18.0 Å². The van der Waals surface area contributed by atoms with Crippen molar-refractivity contribution in [1.82, 2.24) is 5.32 Å². The first-order valence-corrected chi connectivity index (χ1v) is 8.49. The van der Waals surface area contributed by atoms with Gasteiger partial charge >= 0.3 is 0 Å². The van der Waals surface area contributed by atoms with E-state index in [9.17, 15) is 4.79 Å². The van der Waals surface area contributed by atoms with Gasteiger partial charge in [-0.1, -0.05) is 38.5 Å². The SMILES string of the molecule is CCC(C)C(N)C(=O)NCc1ccccc1N1CCCCC1. The molecular weight excluding hydrogens is 274 g/mol. The molecular formula is C18H29N3O. The Hall–Kier alpha value is -1.55. The molecule has 2 rings (SSSR count). The van der Waals surface area contributed by atoms with Crippen LogP contribution in [0.5, 0.6) is 0 Å². The minimum absolute atomic E-state index is 0.0530. The molecule has 0 aromatic heterocycles. The van der Waals surface area contributed by atoms with E-state index in [0.29, 0.717) is 6.54 Å². The molecule has 22 heavy (non-hydrogen) atoms. The molecule has 1 heterocycles. The average molecular weight is 303 g/mol. The van der Waals surface area contributed by atoms with Crippen LogP contribution in [0.2, 0.25) is 0 Å². The fourth-order valence-electron chi connectivity index (χ4n) is 2.92. The van der Waals surface area contributed by atoms with Gasteiger partial charge in [0.2, 0.25) is 5.91 Å². The lowest BCUT2D eigenvalue weighted by atomic mass is 9.99. The van der Waals surface area contributed by atoms with Gasteiger partial charge in [0.15, 0.2) is 0 Å². The summed E-state index contributed by atoms with van der Waals surface area (Å²) in [5, 5.41) is 3.00. The van der Waals surface area contributed by atoms with Crippen LogP contribution in [-0.4, -0.2) is 25.0 Å². The number of hydrogen-bond donors (Lipinski definition) is 2. The van der Waals surface area contributed by atoms with Crippen molar-refractivity contribution in [3.05, 3.63) is 29.8 Å². The molecule has 4 nitrogen and oxygen atoms in total. The number of piperidine rings is 1. The Labute approximate surface area is 134 Å². The molecule has 122 valence electrons. The monoisotopic (exact) mass is 303 g/mol. The van der Waals surface area contributed by atoms with Crippen LogP contribution in [0.15, 0.2) is 24.3 Å². The van der Waals surface area contributed by atoms with Gasteiger partial charge in [-0.25, -0.2) is 0 Å². The summed E-state index contributed by atoms with van der Waals surface area (Å²) in [6.07, 6.45) is 4.73. The normalized spacial score (nSPS) is 17.9. The Morgan fingerprint density at radius 3 is 2.64 bits per heavy atom. The summed E-state index contributed by atoms with van der Waals surface area (Å²) in [5.74, 6) is 0.153. The third kappa shape index (κ3) is 4.23. The molecule has 2 unspecified atom stereocenters. The predicted octanol–water partition coefficient (Wildman–Crippen LogP) is 2.67. The largest absolute Gasteiger partial charge is 0.371 e. The Morgan fingerprint density at radius 2 is 1.95 bits per heavy atom. The molecule has 4 heteroatoms. The van der Waals surface area contributed by atoms with E-state index in [0.717, 1.165) is 19.5 Å². The summed E-state index contributed by atoms with van der Waals surface area (Å²) in [6, 6.07) is 7.93. The molecule has 0 aliphatic carbocycles. The fraction of sp³-hybridized carbons (Fsp3) is 0.611. The lowest BCUT2D eigenvalue weighted by Crippen LogP contribution is -2.44. The van der Waals surface area contributed by atoms with E-state index in [-0.39, 0.29) is 11.8 Å². The van der Waals surface area contributed by atoms with Crippen molar-refractivity contribution >= 4 is 11.6 Å². The van der Waals surface area contributed by atoms with Crippen molar-refractivity contribution in [2.45, 2.75) is 52.1 Å². The van der Waals surface area contributed by atoms with Crippen molar-refractivity contribution in [2.24, 2.45) is 11.7 Å². The van der Waals surface area contributed by atoms with Gasteiger partial charge in [-0.3, -0.25) is 4.79 Å². The van der Waals surface area contributed by atoms with Gasteiger partial charge in [0.25, 0.3) is 0 Å². The molecule has 1 aromatic carbocycles. The maximum atomic E-state index is 12.2. The van der Waals surface area contributed by atoms with Crippen LogP contribution in [-0.2, 0) is 11.3 Å². The van der Waals surface area contributed by atoms with Crippen LogP contribution < -0.4 is 16.0 Å². The molecule has 1 aromatic rings. The fourth-order valence-corrected chi connectivity index (χ4v) is 2.92. The number of carbonyl (C=O) groups excluding carboxylic acids is 1. The molecule has 0 radical (unpaired) electrons. The van der Waals surface area contributed by atoms with Crippen LogP contribution in [0.4, 0.5) is 5.69 Å². The quantitative estimate of drug-likeness (QED) is 0.849. The van der Waals surface area contributed by atoms with Crippen LogP contribution in [0, 0.1) is 5.92 Å². The first-order chi connectivity index (χ1) is 10.6. The lowest BCUT2D eigenvalue weighted by Gasteiger charge is -2.30. The van der Waals surface area contributed by atoms with Crippen LogP contribution in [0.1, 0.15) is 45.1 Å². The van der Waals surface area contributed by atoms with Gasteiger partial charge < -0.3 is 16.0 Å². The summed E-state index contributed by atoms with van der Waals surface area (Å²) in [7, 11) is 0. The molecule has 1 aliphatic heterocycles. The van der Waals surface area contributed by atoms with Gasteiger partial charge in [0, 0.05) is 25.3 Å². The van der Waals surface area contributed by atoms with Gasteiger partial charge in [0.05, 0.1) is 6.04 Å². The third-order valence-electron chi connectivity index (χ3n) is 4.70. The number of nitrogens with zero attached hydrogens (tertiary/aromatic N) is 1. The van der Waals surface area contributed by atoms with Crippen molar-refractivity contribution in [3.63, 3.8) is 0 Å². The first-order valence-electron chi connectivity index (χ1n) is 8.49. The third-order valence-corrected chi connectivity index (χ3v) is 4.70. The second-order valence-corrected chi connectivity index (χ2v) is 6.31. The summed E-state index contributed by atoms with van der Waals surface area (Å²) in [4.78, 5) is 14.6. The van der Waals surface area contributed by atoms with E-state index in [1.165, 1.54) is 30.5 Å². The highest BCUT2D eigenvalue weighted by molar-refractivity contribution is 5.81. The minimum Gasteiger partial charge on any atom is -0.371 e. The smallest absolute Gasteiger partial charge is 0.237 e. The first kappa shape index (κ1) is 16.8. The summed E-state index contributed by atoms with van der Waals surface area (Å²) >= 11 is 0. The number of hydrogen-bond acceptors (Lipinski definition) is 3. The van der Waals surface area contributed by atoms with Crippen LogP contribution in [0.3, 0.4) is 0 Å². The van der Waals surface area contributed by atoms with Crippen LogP contribution >= 0.6 is 0 Å². The van der Waals surface area contributed by atoms with Crippen molar-refractivity contribution in [3.8, 4) is 0 Å². The predicted molar refractivity (Wildman–Crippen MR) is 91.8 cm³/mol. The van der Waals surface area contributed by atoms with E-state index < -0.39 is 6.04 Å². The molecule has 1 aliphatic rings. The molecule has 0 bridgehead atoms. The number of nitrogens with two attached hydrogens (primary N) is 1. The summed E-state index contributed by atoms with van der Waals surface area (Å²) in [6.45, 7) is 6.85. The van der Waals surface area contributed by atoms with E-state index in [2.05, 4.69) is 35.3 Å². The van der Waals surface area contributed by atoms with E-state index in [1.54, 1.807) is 0 Å². The summed E-state index contributed by atoms with van der Waals surface area (Å²) in [5.41, 5.74) is 8.42. The molecule has 0 saturated carbocycles. The standard InChI is InChI=1S/C18H29N3O/c1-3-14(2)17(19)18(22)20-13-15-9-5-6-10-16(15)21-11-7-4-8-12-21/h5-6,9-10,14,17H,3-4,7-8,11-13,19H2,1-2H3,(H,20,22). The summed E-state index contributed by atoms with van der Waals surface area (Å²) < 4.78 is 0. The zero-order valence-electron chi connectivity index (χ0n) is 13.8. The molecule has 3 N–H and O–H groups in total. The van der Waals surface area contributed by atoms with E-state index in [1.807, 2.05) is 13.0 Å². The maximum absolute atomic E-state index is 12.2. The second-order valence-electron chi connectivity index (χ2n) is 6.31. The number of benzene rings is 1. The van der Waals surface area contributed by atoms with E-state index >= 15 is 0 Å². The Morgan fingerprint density at radius 1 is 1.27 bits per heavy atom. The number of para-hydroxylation sites is 1. The average Bonchev–Trinajstić information content (AvgIpc) is 2.59. The zero-order chi connectivity index (χ0) is 15.9. The highest BCUT2D eigenvalue weighted by Gasteiger charge is 2.20. The number of carbonyl (C=O) groups is 1. The number of amides is 1. The van der Waals surface area contributed by atoms with Crippen molar-refractivity contribution < 1.29 is 4.79 Å². The topological polar surface area (TPSA) is 58.4 Å². The number of rotatable bonds is 6. The molecule has 2 atom stereocenters. The van der Waals surface area contributed by atoms with E-state index in [4.69, 9.17) is 5.73 Å². The van der Waals surface area contributed by atoms with Crippen LogP contribution in [0.25, 0.3) is 0 Å². The maximum Gasteiger partial charge on any atom is 0.237 e. The second kappa shape index (κ2) is 8.18. The molecule has 0 spiro atoms. The minimum atomic E-state index is -0.424. The number of nitrogens with one attached hydrogen (secondary N) is 1. The van der Waals surface area contributed by atoms with Gasteiger partial charge in [0.1, 0.15) is 0 Å². The molecule has 1 fully saturated rings. The highest BCUT2D eigenvalue weighted by Crippen LogP contribution is 2.24. The highest BCUT2D eigenvalue weighted by atomic mass is 16.2. The van der Waals surface area contributed by atoms with Gasteiger partial charge in [-0.05, 0) is 36.8 Å². The Balaban J connectivity index is 1.99. The lowest BCUT2D eigenvalue weighted by molar-refractivity contribution is -0.123. The zero-order valence-corrected chi connectivity index (χ0v) is 13.8. The molecule has 1 amide bonds. The number of anilines is 1. The van der Waals surface area contributed by atoms with Gasteiger partial charge in [-0.15, -0.1) is 0 Å². The Kier molecular flexibility index (Phi) is 6.25.